The van der Waals surface area contributed by atoms with Gasteiger partial charge in [-0.2, -0.15) is 0 Å². The molecule has 0 radical (unpaired) electrons. The monoisotopic (exact) mass is 252 g/mol. The smallest absolute Gasteiger partial charge is 0.211 e. The molecular weight excluding hydrogens is 236 g/mol. The summed E-state index contributed by atoms with van der Waals surface area (Å²) in [7, 11) is 1.44. The molecule has 0 saturated heterocycles. The van der Waals surface area contributed by atoms with E-state index in [0.29, 0.717) is 6.42 Å². The van der Waals surface area contributed by atoms with E-state index in [1.165, 1.54) is 19.4 Å². The van der Waals surface area contributed by atoms with Gasteiger partial charge >= 0.3 is 0 Å². The maximum absolute atomic E-state index is 12.2. The highest BCUT2D eigenvalue weighted by atomic mass is 16.5. The molecule has 0 amide bonds. The second-order valence-electron chi connectivity index (χ2n) is 4.44. The van der Waals surface area contributed by atoms with Gasteiger partial charge in [0.1, 0.15) is 11.9 Å². The minimum absolute atomic E-state index is 0.0277. The summed E-state index contributed by atoms with van der Waals surface area (Å²) in [6.07, 6.45) is 3.60. The average molecular weight is 252 g/mol. The van der Waals surface area contributed by atoms with Gasteiger partial charge in [0, 0.05) is 13.0 Å². The number of rotatable bonds is 3. The third-order valence-electron chi connectivity index (χ3n) is 3.35. The highest BCUT2D eigenvalue weighted by Gasteiger charge is 2.55. The Kier molecular flexibility index (Phi) is 3.38. The van der Waals surface area contributed by atoms with Crippen molar-refractivity contribution >= 4 is 5.78 Å². The minimum Gasteiger partial charge on any atom is -0.465 e. The number of methoxy groups -OCH3 is 1. The maximum atomic E-state index is 12.2. The van der Waals surface area contributed by atoms with Crippen molar-refractivity contribution in [3.8, 4) is 0 Å². The van der Waals surface area contributed by atoms with Crippen LogP contribution < -0.4 is 0 Å². The van der Waals surface area contributed by atoms with Crippen molar-refractivity contribution in [3.05, 3.63) is 36.3 Å². The fourth-order valence-corrected chi connectivity index (χ4v) is 2.28. The van der Waals surface area contributed by atoms with Gasteiger partial charge in [-0.1, -0.05) is 6.08 Å². The zero-order valence-corrected chi connectivity index (χ0v) is 10.1. The molecule has 5 heteroatoms. The van der Waals surface area contributed by atoms with E-state index in [-0.39, 0.29) is 23.9 Å². The minimum atomic E-state index is -2.03. The SMILES string of the molecule is C=C[C@@H]1CC=C2OC=C(COC)C(=O)[C@]2(O)[C@@H]1O. The van der Waals surface area contributed by atoms with Crippen molar-refractivity contribution in [3.63, 3.8) is 0 Å². The van der Waals surface area contributed by atoms with Crippen molar-refractivity contribution in [1.82, 2.24) is 0 Å². The molecule has 1 heterocycles. The Morgan fingerprint density at radius 2 is 2.44 bits per heavy atom. The van der Waals surface area contributed by atoms with E-state index in [9.17, 15) is 15.0 Å². The van der Waals surface area contributed by atoms with Gasteiger partial charge in [0.15, 0.2) is 0 Å². The Hall–Kier alpha value is -1.43. The molecule has 3 atom stereocenters. The van der Waals surface area contributed by atoms with E-state index in [4.69, 9.17) is 9.47 Å². The summed E-state index contributed by atoms with van der Waals surface area (Å²) in [5, 5.41) is 20.6. The molecule has 0 aromatic rings. The highest BCUT2D eigenvalue weighted by Crippen LogP contribution is 2.39. The molecular formula is C13H16O5. The first kappa shape index (κ1) is 13.0. The zero-order chi connectivity index (χ0) is 13.3. The molecule has 2 aliphatic rings. The molecule has 98 valence electrons. The summed E-state index contributed by atoms with van der Waals surface area (Å²) in [5.41, 5.74) is -1.83. The lowest BCUT2D eigenvalue weighted by atomic mass is 9.74. The lowest BCUT2D eigenvalue weighted by molar-refractivity contribution is -0.153. The largest absolute Gasteiger partial charge is 0.465 e. The summed E-state index contributed by atoms with van der Waals surface area (Å²) in [6, 6.07) is 0. The lowest BCUT2D eigenvalue weighted by Crippen LogP contribution is -2.58. The van der Waals surface area contributed by atoms with Crippen LogP contribution in [0.5, 0.6) is 0 Å². The second kappa shape index (κ2) is 4.68. The van der Waals surface area contributed by atoms with Crippen LogP contribution in [-0.2, 0) is 14.3 Å². The second-order valence-corrected chi connectivity index (χ2v) is 4.44. The van der Waals surface area contributed by atoms with Gasteiger partial charge in [-0.15, -0.1) is 6.58 Å². The average Bonchev–Trinajstić information content (AvgIpc) is 2.37. The van der Waals surface area contributed by atoms with Gasteiger partial charge in [-0.05, 0) is 12.5 Å². The molecule has 0 bridgehead atoms. The molecule has 1 aliphatic carbocycles. The third kappa shape index (κ3) is 1.71. The Morgan fingerprint density at radius 3 is 3.06 bits per heavy atom. The number of hydrogen-bond acceptors (Lipinski definition) is 5. The van der Waals surface area contributed by atoms with Gasteiger partial charge in [0.25, 0.3) is 0 Å². The van der Waals surface area contributed by atoms with E-state index >= 15 is 0 Å². The molecule has 1 aliphatic heterocycles. The van der Waals surface area contributed by atoms with Crippen LogP contribution in [0.15, 0.2) is 36.3 Å². The topological polar surface area (TPSA) is 76.0 Å². The maximum Gasteiger partial charge on any atom is 0.211 e. The van der Waals surface area contributed by atoms with Crippen LogP contribution in [0.3, 0.4) is 0 Å². The van der Waals surface area contributed by atoms with Crippen molar-refractivity contribution < 1.29 is 24.5 Å². The number of ether oxygens (including phenoxy) is 2. The predicted molar refractivity (Wildman–Crippen MR) is 63.4 cm³/mol. The molecule has 2 N–H and O–H groups in total. The number of fused-ring (bicyclic) bond motifs is 1. The summed E-state index contributed by atoms with van der Waals surface area (Å²) in [4.78, 5) is 12.2. The highest BCUT2D eigenvalue weighted by molar-refractivity contribution is 6.05. The molecule has 18 heavy (non-hydrogen) atoms. The Balaban J connectivity index is 2.41. The van der Waals surface area contributed by atoms with Crippen LogP contribution in [-0.4, -0.2) is 41.4 Å². The summed E-state index contributed by atoms with van der Waals surface area (Å²) >= 11 is 0. The Bertz CT molecular complexity index is 437. The Morgan fingerprint density at radius 1 is 1.72 bits per heavy atom. The number of aliphatic hydroxyl groups is 2. The normalized spacial score (nSPS) is 35.2. The van der Waals surface area contributed by atoms with Crippen LogP contribution >= 0.6 is 0 Å². The van der Waals surface area contributed by atoms with Crippen molar-refractivity contribution in [1.29, 1.82) is 0 Å². The van der Waals surface area contributed by atoms with Crippen LogP contribution in [0.2, 0.25) is 0 Å². The number of allylic oxidation sites excluding steroid dienone is 1. The van der Waals surface area contributed by atoms with Crippen LogP contribution in [0, 0.1) is 5.92 Å². The number of hydrogen-bond donors (Lipinski definition) is 2. The van der Waals surface area contributed by atoms with Crippen LogP contribution in [0.25, 0.3) is 0 Å². The number of aliphatic hydroxyl groups excluding tert-OH is 1. The number of carbonyl (C=O) groups is 1. The summed E-state index contributed by atoms with van der Waals surface area (Å²) in [5.74, 6) is -0.882. The van der Waals surface area contributed by atoms with Crippen molar-refractivity contribution in [2.75, 3.05) is 13.7 Å². The molecule has 5 nitrogen and oxygen atoms in total. The van der Waals surface area contributed by atoms with Gasteiger partial charge in [-0.25, -0.2) is 0 Å². The lowest BCUT2D eigenvalue weighted by Gasteiger charge is -2.41. The van der Waals surface area contributed by atoms with Crippen molar-refractivity contribution in [2.24, 2.45) is 5.92 Å². The van der Waals surface area contributed by atoms with Crippen LogP contribution in [0.4, 0.5) is 0 Å². The van der Waals surface area contributed by atoms with Gasteiger partial charge < -0.3 is 19.7 Å². The Labute approximate surface area is 105 Å². The first-order valence-electron chi connectivity index (χ1n) is 5.68. The fourth-order valence-electron chi connectivity index (χ4n) is 2.28. The molecule has 0 aromatic carbocycles. The number of carbonyl (C=O) groups excluding carboxylic acids is 1. The first-order valence-corrected chi connectivity index (χ1v) is 5.68. The predicted octanol–water partition coefficient (Wildman–Crippen LogP) is 0.298. The third-order valence-corrected chi connectivity index (χ3v) is 3.35. The van der Waals surface area contributed by atoms with Gasteiger partial charge in [0.05, 0.1) is 18.4 Å². The molecule has 2 rings (SSSR count). The molecule has 0 fully saturated rings. The molecule has 0 spiro atoms. The summed E-state index contributed by atoms with van der Waals surface area (Å²) in [6.45, 7) is 3.62. The van der Waals surface area contributed by atoms with E-state index in [1.54, 1.807) is 6.08 Å². The van der Waals surface area contributed by atoms with E-state index in [1.807, 2.05) is 0 Å². The number of Topliss-reactive ketones (excluding diaryl/α,β-unsaturated/α-hetero) is 1. The van der Waals surface area contributed by atoms with E-state index in [2.05, 4.69) is 6.58 Å². The van der Waals surface area contributed by atoms with E-state index in [0.717, 1.165) is 0 Å². The molecule has 0 aromatic heterocycles. The molecule has 0 unspecified atom stereocenters. The summed E-state index contributed by atoms with van der Waals surface area (Å²) < 4.78 is 10.1. The van der Waals surface area contributed by atoms with Gasteiger partial charge in [0.2, 0.25) is 11.4 Å². The first-order chi connectivity index (χ1) is 8.55. The fraction of sp³-hybridized carbons (Fsp3) is 0.462. The van der Waals surface area contributed by atoms with Gasteiger partial charge in [-0.3, -0.25) is 4.79 Å². The standard InChI is InChI=1S/C13H16O5/c1-3-8-4-5-10-13(16,11(8)14)12(15)9(6-17-2)7-18-10/h3,5,7-8,11,14,16H,1,4,6H2,2H3/t8-,11-,13-/m1/s1. The number of ketones is 1. The molecule has 0 saturated carbocycles. The van der Waals surface area contributed by atoms with Crippen LogP contribution in [0.1, 0.15) is 6.42 Å². The van der Waals surface area contributed by atoms with E-state index < -0.39 is 17.5 Å². The quantitative estimate of drug-likeness (QED) is 0.706. The zero-order valence-electron chi connectivity index (χ0n) is 10.1. The van der Waals surface area contributed by atoms with Crippen molar-refractivity contribution in [2.45, 2.75) is 18.1 Å².